The van der Waals surface area contributed by atoms with Crippen molar-refractivity contribution in [3.8, 4) is 11.6 Å². The zero-order chi connectivity index (χ0) is 24.0. The lowest BCUT2D eigenvalue weighted by molar-refractivity contribution is -0.151. The lowest BCUT2D eigenvalue weighted by Crippen LogP contribution is -2.57. The standard InChI is InChI=1S/C21H27N9O4/c1-21(2,33)17(32)28-10-8-27(9-11-28)16(31)13-5-3-7-29(13)19-24-18(22)30-20(25-19)23-15(26-30)14-6-4-12-34-14/h4,6,12-13,33H,3,5,7-11H2,1-2H3,(H2,22,23,24,25,26)/t13-/m0/s1. The summed E-state index contributed by atoms with van der Waals surface area (Å²) in [4.78, 5) is 44.2. The van der Waals surface area contributed by atoms with Gasteiger partial charge in [0.25, 0.3) is 11.7 Å². The van der Waals surface area contributed by atoms with Gasteiger partial charge in [-0.05, 0) is 38.8 Å². The number of nitrogens with zero attached hydrogens (tertiary/aromatic N) is 8. The number of fused-ring (bicyclic) bond motifs is 1. The first-order chi connectivity index (χ1) is 16.2. The van der Waals surface area contributed by atoms with Gasteiger partial charge in [0.1, 0.15) is 11.6 Å². The number of hydrogen-bond donors (Lipinski definition) is 2. The minimum Gasteiger partial charge on any atom is -0.461 e. The fraction of sp³-hybridized carbons (Fsp3) is 0.524. The number of hydrogen-bond acceptors (Lipinski definition) is 10. The van der Waals surface area contributed by atoms with Gasteiger partial charge in [0, 0.05) is 32.7 Å². The molecule has 2 amide bonds. The molecule has 2 aliphatic heterocycles. The number of aromatic nitrogens is 5. The minimum absolute atomic E-state index is 0.0346. The molecular weight excluding hydrogens is 442 g/mol. The molecule has 1 atom stereocenters. The molecule has 0 saturated carbocycles. The van der Waals surface area contributed by atoms with Gasteiger partial charge in [-0.25, -0.2) is 0 Å². The molecule has 3 aromatic heterocycles. The Morgan fingerprint density at radius 2 is 1.85 bits per heavy atom. The summed E-state index contributed by atoms with van der Waals surface area (Å²) in [5.74, 6) is 1.18. The number of aliphatic hydroxyl groups is 1. The van der Waals surface area contributed by atoms with E-state index < -0.39 is 11.6 Å². The highest BCUT2D eigenvalue weighted by atomic mass is 16.3. The van der Waals surface area contributed by atoms with Crippen LogP contribution in [-0.4, -0.2) is 95.7 Å². The van der Waals surface area contributed by atoms with Crippen molar-refractivity contribution in [1.29, 1.82) is 0 Å². The van der Waals surface area contributed by atoms with Crippen LogP contribution in [-0.2, 0) is 9.59 Å². The maximum atomic E-state index is 13.4. The third kappa shape index (κ3) is 3.91. The Morgan fingerprint density at radius 3 is 2.53 bits per heavy atom. The molecule has 2 fully saturated rings. The molecule has 3 N–H and O–H groups in total. The molecule has 0 radical (unpaired) electrons. The molecule has 0 aromatic carbocycles. The van der Waals surface area contributed by atoms with E-state index in [0.29, 0.717) is 56.7 Å². The van der Waals surface area contributed by atoms with E-state index in [9.17, 15) is 14.7 Å². The van der Waals surface area contributed by atoms with Crippen LogP contribution in [0.3, 0.4) is 0 Å². The summed E-state index contributed by atoms with van der Waals surface area (Å²) < 4.78 is 6.69. The molecule has 0 unspecified atom stereocenters. The SMILES string of the molecule is CC(C)(O)C(=O)N1CCN(C(=O)[C@@H]2CCCN2c2nc(N)n3nc(-c4ccco4)nc3n2)CC1. The van der Waals surface area contributed by atoms with Crippen molar-refractivity contribution in [2.24, 2.45) is 0 Å². The van der Waals surface area contributed by atoms with Crippen LogP contribution in [0.5, 0.6) is 0 Å². The lowest BCUT2D eigenvalue weighted by Gasteiger charge is -2.39. The molecule has 5 rings (SSSR count). The van der Waals surface area contributed by atoms with Gasteiger partial charge in [-0.2, -0.15) is 19.5 Å². The van der Waals surface area contributed by atoms with Crippen LogP contribution < -0.4 is 10.6 Å². The van der Waals surface area contributed by atoms with Crippen LogP contribution in [0.25, 0.3) is 17.4 Å². The van der Waals surface area contributed by atoms with E-state index in [1.165, 1.54) is 24.6 Å². The van der Waals surface area contributed by atoms with Gasteiger partial charge in [0.05, 0.1) is 6.26 Å². The van der Waals surface area contributed by atoms with E-state index in [4.69, 9.17) is 10.2 Å². The Labute approximate surface area is 195 Å². The number of carbonyl (C=O) groups excluding carboxylic acids is 2. The highest BCUT2D eigenvalue weighted by molar-refractivity contribution is 5.87. The Balaban J connectivity index is 1.33. The largest absolute Gasteiger partial charge is 0.461 e. The van der Waals surface area contributed by atoms with E-state index in [2.05, 4.69) is 20.1 Å². The van der Waals surface area contributed by atoms with Crippen LogP contribution in [0.4, 0.5) is 11.9 Å². The summed E-state index contributed by atoms with van der Waals surface area (Å²) in [6.07, 6.45) is 3.01. The first kappa shape index (κ1) is 22.1. The van der Waals surface area contributed by atoms with Gasteiger partial charge < -0.3 is 30.0 Å². The van der Waals surface area contributed by atoms with Gasteiger partial charge in [0.15, 0.2) is 5.76 Å². The highest BCUT2D eigenvalue weighted by Gasteiger charge is 2.38. The molecule has 13 nitrogen and oxygen atoms in total. The van der Waals surface area contributed by atoms with Crippen molar-refractivity contribution in [3.05, 3.63) is 18.4 Å². The zero-order valence-electron chi connectivity index (χ0n) is 19.1. The van der Waals surface area contributed by atoms with Crippen molar-refractivity contribution < 1.29 is 19.1 Å². The molecule has 0 aliphatic carbocycles. The van der Waals surface area contributed by atoms with Crippen molar-refractivity contribution in [3.63, 3.8) is 0 Å². The first-order valence-corrected chi connectivity index (χ1v) is 11.2. The van der Waals surface area contributed by atoms with Crippen LogP contribution >= 0.6 is 0 Å². The number of carbonyl (C=O) groups is 2. The van der Waals surface area contributed by atoms with Crippen LogP contribution in [0.1, 0.15) is 26.7 Å². The summed E-state index contributed by atoms with van der Waals surface area (Å²) in [6, 6.07) is 3.05. The maximum absolute atomic E-state index is 13.4. The predicted molar refractivity (Wildman–Crippen MR) is 121 cm³/mol. The van der Waals surface area contributed by atoms with Gasteiger partial charge in [-0.3, -0.25) is 9.59 Å². The van der Waals surface area contributed by atoms with E-state index in [1.807, 2.05) is 4.90 Å². The van der Waals surface area contributed by atoms with Crippen molar-refractivity contribution >= 4 is 29.5 Å². The summed E-state index contributed by atoms with van der Waals surface area (Å²) in [5.41, 5.74) is 4.71. The average Bonchev–Trinajstić information content (AvgIpc) is 3.57. The number of furan rings is 1. The predicted octanol–water partition coefficient (Wildman–Crippen LogP) is -0.228. The number of rotatable bonds is 4. The molecule has 5 heterocycles. The normalized spacial score (nSPS) is 19.3. The zero-order valence-corrected chi connectivity index (χ0v) is 19.1. The first-order valence-electron chi connectivity index (χ1n) is 11.2. The monoisotopic (exact) mass is 469 g/mol. The molecule has 3 aromatic rings. The average molecular weight is 470 g/mol. The fourth-order valence-electron chi connectivity index (χ4n) is 4.42. The molecular formula is C21H27N9O4. The van der Waals surface area contributed by atoms with Crippen LogP contribution in [0.2, 0.25) is 0 Å². The smallest absolute Gasteiger partial charge is 0.259 e. The van der Waals surface area contributed by atoms with E-state index >= 15 is 0 Å². The van der Waals surface area contributed by atoms with Crippen molar-refractivity contribution in [2.75, 3.05) is 43.4 Å². The minimum atomic E-state index is -1.43. The Morgan fingerprint density at radius 1 is 1.12 bits per heavy atom. The number of piperazine rings is 1. The molecule has 0 spiro atoms. The molecule has 2 aliphatic rings. The van der Waals surface area contributed by atoms with Crippen molar-refractivity contribution in [2.45, 2.75) is 38.3 Å². The lowest BCUT2D eigenvalue weighted by atomic mass is 10.1. The van der Waals surface area contributed by atoms with E-state index in [0.717, 1.165) is 6.42 Å². The third-order valence-electron chi connectivity index (χ3n) is 6.16. The van der Waals surface area contributed by atoms with E-state index in [-0.39, 0.29) is 23.5 Å². The summed E-state index contributed by atoms with van der Waals surface area (Å²) in [5, 5.41) is 14.3. The third-order valence-corrected chi connectivity index (χ3v) is 6.16. The fourth-order valence-corrected chi connectivity index (χ4v) is 4.42. The van der Waals surface area contributed by atoms with Crippen molar-refractivity contribution in [1.82, 2.24) is 34.4 Å². The molecule has 2 saturated heterocycles. The Hall–Kier alpha value is -3.74. The summed E-state index contributed by atoms with van der Waals surface area (Å²) >= 11 is 0. The van der Waals surface area contributed by atoms with Gasteiger partial charge in [-0.15, -0.1) is 5.10 Å². The van der Waals surface area contributed by atoms with Gasteiger partial charge >= 0.3 is 0 Å². The highest BCUT2D eigenvalue weighted by Crippen LogP contribution is 2.26. The van der Waals surface area contributed by atoms with Gasteiger partial charge in [-0.1, -0.05) is 0 Å². The maximum Gasteiger partial charge on any atom is 0.259 e. The second-order valence-electron chi connectivity index (χ2n) is 9.03. The summed E-state index contributed by atoms with van der Waals surface area (Å²) in [7, 11) is 0. The number of amides is 2. The number of nitrogens with two attached hydrogens (primary N) is 1. The Bertz CT molecular complexity index is 1210. The topological polar surface area (TPSA) is 159 Å². The van der Waals surface area contributed by atoms with Gasteiger partial charge in [0.2, 0.25) is 23.6 Å². The molecule has 0 bridgehead atoms. The number of anilines is 2. The molecule has 180 valence electrons. The van der Waals surface area contributed by atoms with E-state index in [1.54, 1.807) is 21.9 Å². The molecule has 34 heavy (non-hydrogen) atoms. The quantitative estimate of drug-likeness (QED) is 0.522. The molecule has 13 heteroatoms. The number of nitrogen functional groups attached to an aromatic ring is 1. The van der Waals surface area contributed by atoms with Crippen LogP contribution in [0.15, 0.2) is 22.8 Å². The Kier molecular flexibility index (Phi) is 5.35. The second kappa shape index (κ2) is 8.24. The summed E-state index contributed by atoms with van der Waals surface area (Å²) in [6.45, 7) is 5.13. The van der Waals surface area contributed by atoms with Crippen LogP contribution in [0, 0.1) is 0 Å². The second-order valence-corrected chi connectivity index (χ2v) is 9.03.